The summed E-state index contributed by atoms with van der Waals surface area (Å²) in [6.45, 7) is 4.12. The van der Waals surface area contributed by atoms with Crippen molar-refractivity contribution in [3.05, 3.63) is 47.8 Å². The van der Waals surface area contributed by atoms with Crippen LogP contribution in [0.2, 0.25) is 0 Å². The number of amides is 1. The van der Waals surface area contributed by atoms with Crippen LogP contribution in [-0.2, 0) is 6.42 Å². The number of para-hydroxylation sites is 1. The van der Waals surface area contributed by atoms with Crippen LogP contribution in [0.4, 0.5) is 5.69 Å². The largest absolute Gasteiger partial charge is 0.320 e. The van der Waals surface area contributed by atoms with Crippen molar-refractivity contribution in [2.75, 3.05) is 18.4 Å². The maximum Gasteiger partial charge on any atom is 0.276 e. The average Bonchev–Trinajstić information content (AvgIpc) is 3.08. The molecular formula is C18H24N4O. The lowest BCUT2D eigenvalue weighted by molar-refractivity contribution is 0.102. The minimum absolute atomic E-state index is 0.143. The maximum absolute atomic E-state index is 12.5. The van der Waals surface area contributed by atoms with Gasteiger partial charge in [0.2, 0.25) is 0 Å². The van der Waals surface area contributed by atoms with Crippen molar-refractivity contribution in [3.63, 3.8) is 0 Å². The van der Waals surface area contributed by atoms with E-state index in [4.69, 9.17) is 0 Å². The highest BCUT2D eigenvalue weighted by Gasteiger charge is 2.18. The van der Waals surface area contributed by atoms with Crippen molar-refractivity contribution in [2.45, 2.75) is 38.6 Å². The fraction of sp³-hybridized carbons (Fsp3) is 0.444. The van der Waals surface area contributed by atoms with E-state index >= 15 is 0 Å². The Labute approximate surface area is 137 Å². The SMILES string of the molecule is CCCc1ccccc1NC(=O)c1ccn(C2CCCNC2)n1. The third-order valence-corrected chi connectivity index (χ3v) is 4.27. The van der Waals surface area contributed by atoms with Crippen LogP contribution in [0.15, 0.2) is 36.5 Å². The zero-order chi connectivity index (χ0) is 16.1. The zero-order valence-electron chi connectivity index (χ0n) is 13.6. The van der Waals surface area contributed by atoms with Gasteiger partial charge < -0.3 is 10.6 Å². The van der Waals surface area contributed by atoms with E-state index in [2.05, 4.69) is 28.7 Å². The summed E-state index contributed by atoms with van der Waals surface area (Å²) in [5.74, 6) is -0.143. The fourth-order valence-corrected chi connectivity index (χ4v) is 3.04. The second-order valence-corrected chi connectivity index (χ2v) is 6.04. The van der Waals surface area contributed by atoms with Gasteiger partial charge in [-0.05, 0) is 43.5 Å². The van der Waals surface area contributed by atoms with Gasteiger partial charge in [-0.2, -0.15) is 5.10 Å². The molecule has 1 fully saturated rings. The van der Waals surface area contributed by atoms with Crippen LogP contribution in [0.5, 0.6) is 0 Å². The monoisotopic (exact) mass is 312 g/mol. The predicted molar refractivity (Wildman–Crippen MR) is 91.8 cm³/mol. The average molecular weight is 312 g/mol. The van der Waals surface area contributed by atoms with E-state index in [1.807, 2.05) is 29.1 Å². The molecule has 0 aliphatic carbocycles. The highest BCUT2D eigenvalue weighted by molar-refractivity contribution is 6.03. The van der Waals surface area contributed by atoms with Crippen molar-refractivity contribution < 1.29 is 4.79 Å². The number of hydrogen-bond acceptors (Lipinski definition) is 3. The Kier molecular flexibility index (Phi) is 5.08. The standard InChI is InChI=1S/C18H24N4O/c1-2-6-14-7-3-4-9-16(14)20-18(23)17-10-12-22(21-17)15-8-5-11-19-13-15/h3-4,7,9-10,12,15,19H,2,5-6,8,11,13H2,1H3,(H,20,23). The number of carbonyl (C=O) groups excluding carboxylic acids is 1. The van der Waals surface area contributed by atoms with Crippen molar-refractivity contribution in [1.29, 1.82) is 0 Å². The molecule has 2 heterocycles. The van der Waals surface area contributed by atoms with Crippen LogP contribution < -0.4 is 10.6 Å². The van der Waals surface area contributed by atoms with Gasteiger partial charge in [-0.15, -0.1) is 0 Å². The third-order valence-electron chi connectivity index (χ3n) is 4.27. The number of aryl methyl sites for hydroxylation is 1. The number of carbonyl (C=O) groups is 1. The van der Waals surface area contributed by atoms with Gasteiger partial charge >= 0.3 is 0 Å². The first-order chi connectivity index (χ1) is 11.3. The van der Waals surface area contributed by atoms with Gasteiger partial charge in [-0.1, -0.05) is 31.5 Å². The molecule has 3 rings (SSSR count). The molecule has 1 atom stereocenters. The van der Waals surface area contributed by atoms with Gasteiger partial charge in [0.1, 0.15) is 0 Å². The van der Waals surface area contributed by atoms with Crippen LogP contribution in [0, 0.1) is 0 Å². The number of anilines is 1. The Hall–Kier alpha value is -2.14. The topological polar surface area (TPSA) is 59.0 Å². The summed E-state index contributed by atoms with van der Waals surface area (Å²) in [6, 6.07) is 10.1. The molecule has 1 aromatic carbocycles. The summed E-state index contributed by atoms with van der Waals surface area (Å²) in [5.41, 5.74) is 2.52. The van der Waals surface area contributed by atoms with Gasteiger partial charge in [0.15, 0.2) is 5.69 Å². The molecule has 1 aliphatic rings. The first kappa shape index (κ1) is 15.7. The van der Waals surface area contributed by atoms with E-state index in [0.717, 1.165) is 44.5 Å². The number of benzene rings is 1. The van der Waals surface area contributed by atoms with E-state index in [9.17, 15) is 4.79 Å². The lowest BCUT2D eigenvalue weighted by atomic mass is 10.1. The summed E-state index contributed by atoms with van der Waals surface area (Å²) < 4.78 is 1.92. The van der Waals surface area contributed by atoms with Crippen LogP contribution in [0.3, 0.4) is 0 Å². The summed E-state index contributed by atoms with van der Waals surface area (Å²) >= 11 is 0. The predicted octanol–water partition coefficient (Wildman–Crippen LogP) is 3.01. The molecule has 0 saturated carbocycles. The quantitative estimate of drug-likeness (QED) is 0.892. The fourth-order valence-electron chi connectivity index (χ4n) is 3.04. The lowest BCUT2D eigenvalue weighted by Crippen LogP contribution is -2.32. The van der Waals surface area contributed by atoms with E-state index < -0.39 is 0 Å². The maximum atomic E-state index is 12.5. The first-order valence-electron chi connectivity index (χ1n) is 8.43. The number of aromatic nitrogens is 2. The second kappa shape index (κ2) is 7.42. The molecule has 0 bridgehead atoms. The Bertz CT molecular complexity index is 659. The first-order valence-corrected chi connectivity index (χ1v) is 8.43. The molecule has 1 saturated heterocycles. The molecular weight excluding hydrogens is 288 g/mol. The number of hydrogen-bond donors (Lipinski definition) is 2. The number of piperidine rings is 1. The summed E-state index contributed by atoms with van der Waals surface area (Å²) in [6.07, 6.45) is 6.17. The number of nitrogens with one attached hydrogen (secondary N) is 2. The molecule has 1 unspecified atom stereocenters. The van der Waals surface area contributed by atoms with Crippen LogP contribution in [0.1, 0.15) is 48.3 Å². The molecule has 0 radical (unpaired) electrons. The van der Waals surface area contributed by atoms with E-state index in [-0.39, 0.29) is 5.91 Å². The van der Waals surface area contributed by atoms with Crippen molar-refractivity contribution >= 4 is 11.6 Å². The minimum atomic E-state index is -0.143. The summed E-state index contributed by atoms with van der Waals surface area (Å²) in [4.78, 5) is 12.5. The van der Waals surface area contributed by atoms with Crippen LogP contribution in [0.25, 0.3) is 0 Å². The summed E-state index contributed by atoms with van der Waals surface area (Å²) in [7, 11) is 0. The molecule has 1 aromatic heterocycles. The molecule has 5 heteroatoms. The van der Waals surface area contributed by atoms with Crippen LogP contribution in [-0.4, -0.2) is 28.8 Å². The molecule has 2 aromatic rings. The highest BCUT2D eigenvalue weighted by Crippen LogP contribution is 2.19. The smallest absolute Gasteiger partial charge is 0.276 e. The van der Waals surface area contributed by atoms with Crippen molar-refractivity contribution in [2.24, 2.45) is 0 Å². The molecule has 0 spiro atoms. The molecule has 1 amide bonds. The second-order valence-electron chi connectivity index (χ2n) is 6.04. The van der Waals surface area contributed by atoms with E-state index in [1.165, 1.54) is 5.56 Å². The normalized spacial score (nSPS) is 17.9. The lowest BCUT2D eigenvalue weighted by Gasteiger charge is -2.22. The van der Waals surface area contributed by atoms with Gasteiger partial charge in [-0.3, -0.25) is 9.48 Å². The molecule has 23 heavy (non-hydrogen) atoms. The highest BCUT2D eigenvalue weighted by atomic mass is 16.1. The Balaban J connectivity index is 1.70. The number of nitrogens with zero attached hydrogens (tertiary/aromatic N) is 2. The summed E-state index contributed by atoms with van der Waals surface area (Å²) in [5, 5.41) is 10.8. The van der Waals surface area contributed by atoms with E-state index in [0.29, 0.717) is 11.7 Å². The minimum Gasteiger partial charge on any atom is -0.320 e. The number of rotatable bonds is 5. The van der Waals surface area contributed by atoms with Crippen LogP contribution >= 0.6 is 0 Å². The van der Waals surface area contributed by atoms with Crippen molar-refractivity contribution in [1.82, 2.24) is 15.1 Å². The molecule has 2 N–H and O–H groups in total. The Morgan fingerprint density at radius 1 is 1.39 bits per heavy atom. The molecule has 5 nitrogen and oxygen atoms in total. The Morgan fingerprint density at radius 3 is 3.04 bits per heavy atom. The Morgan fingerprint density at radius 2 is 2.26 bits per heavy atom. The van der Waals surface area contributed by atoms with E-state index in [1.54, 1.807) is 6.07 Å². The van der Waals surface area contributed by atoms with Gasteiger partial charge in [-0.25, -0.2) is 0 Å². The van der Waals surface area contributed by atoms with Crippen molar-refractivity contribution in [3.8, 4) is 0 Å². The molecule has 122 valence electrons. The van der Waals surface area contributed by atoms with Gasteiger partial charge in [0, 0.05) is 18.4 Å². The van der Waals surface area contributed by atoms with Gasteiger partial charge in [0.25, 0.3) is 5.91 Å². The molecule has 1 aliphatic heterocycles. The third kappa shape index (κ3) is 3.79. The zero-order valence-corrected chi connectivity index (χ0v) is 13.6. The van der Waals surface area contributed by atoms with Gasteiger partial charge in [0.05, 0.1) is 6.04 Å².